The standard InChI is InChI=1S/C26H23N7O2S/c1-27-16-22-23(17-4-8-19(34-2)9-5-17)33-26(30-24(22)36-3)31-25(32-33)29-18-6-10-20(11-7-18)35-21-12-14-28-15-13-21/h4-16H,1-3H3,(H,29,32). The van der Waals surface area contributed by atoms with Crippen molar-refractivity contribution in [1.29, 1.82) is 0 Å². The van der Waals surface area contributed by atoms with E-state index in [-0.39, 0.29) is 0 Å². The van der Waals surface area contributed by atoms with Gasteiger partial charge >= 0.3 is 0 Å². The molecule has 0 aliphatic rings. The van der Waals surface area contributed by atoms with Crippen LogP contribution in [0.3, 0.4) is 0 Å². The van der Waals surface area contributed by atoms with E-state index in [1.54, 1.807) is 49.4 Å². The van der Waals surface area contributed by atoms with Gasteiger partial charge in [-0.25, -0.2) is 4.98 Å². The van der Waals surface area contributed by atoms with Crippen molar-refractivity contribution in [2.75, 3.05) is 25.7 Å². The van der Waals surface area contributed by atoms with Gasteiger partial charge < -0.3 is 14.8 Å². The number of nitrogens with one attached hydrogen (secondary N) is 1. The minimum Gasteiger partial charge on any atom is -0.497 e. The van der Waals surface area contributed by atoms with Crippen molar-refractivity contribution in [2.24, 2.45) is 4.99 Å². The Bertz CT molecular complexity index is 1500. The molecule has 5 aromatic rings. The molecule has 0 amide bonds. The van der Waals surface area contributed by atoms with E-state index in [0.29, 0.717) is 17.5 Å². The molecule has 1 N–H and O–H groups in total. The van der Waals surface area contributed by atoms with Crippen LogP contribution in [0.4, 0.5) is 11.6 Å². The zero-order chi connectivity index (χ0) is 24.9. The molecule has 0 unspecified atom stereocenters. The molecule has 0 saturated heterocycles. The van der Waals surface area contributed by atoms with Crippen LogP contribution in [0.15, 0.2) is 83.1 Å². The predicted octanol–water partition coefficient (Wildman–Crippen LogP) is 5.50. The number of hydrogen-bond donors (Lipinski definition) is 1. The van der Waals surface area contributed by atoms with Gasteiger partial charge in [0.15, 0.2) is 0 Å². The average Bonchev–Trinajstić information content (AvgIpc) is 3.32. The molecule has 3 aromatic heterocycles. The Labute approximate surface area is 212 Å². The van der Waals surface area contributed by atoms with Crippen molar-refractivity contribution in [2.45, 2.75) is 5.03 Å². The molecule has 5 rings (SSSR count). The minimum atomic E-state index is 0.428. The second-order valence-corrected chi connectivity index (χ2v) is 8.38. The Morgan fingerprint density at radius 1 is 0.917 bits per heavy atom. The zero-order valence-corrected chi connectivity index (χ0v) is 20.7. The van der Waals surface area contributed by atoms with Crippen molar-refractivity contribution < 1.29 is 9.47 Å². The third kappa shape index (κ3) is 4.84. The Hall–Kier alpha value is -4.44. The summed E-state index contributed by atoms with van der Waals surface area (Å²) in [6.45, 7) is 0. The second-order valence-electron chi connectivity index (χ2n) is 7.58. The number of rotatable bonds is 8. The van der Waals surface area contributed by atoms with Gasteiger partial charge in [-0.05, 0) is 66.9 Å². The third-order valence-corrected chi connectivity index (χ3v) is 6.00. The number of fused-ring (bicyclic) bond motifs is 1. The summed E-state index contributed by atoms with van der Waals surface area (Å²) in [4.78, 5) is 17.6. The van der Waals surface area contributed by atoms with E-state index < -0.39 is 0 Å². The molecule has 2 aromatic carbocycles. The summed E-state index contributed by atoms with van der Waals surface area (Å²) in [6.07, 6.45) is 7.16. The lowest BCUT2D eigenvalue weighted by atomic mass is 10.1. The zero-order valence-electron chi connectivity index (χ0n) is 19.9. The molecular weight excluding hydrogens is 474 g/mol. The third-order valence-electron chi connectivity index (χ3n) is 5.30. The molecule has 0 aliphatic heterocycles. The number of ether oxygens (including phenoxy) is 2. The lowest BCUT2D eigenvalue weighted by Crippen LogP contribution is -2.05. The van der Waals surface area contributed by atoms with Crippen LogP contribution in [-0.4, -0.2) is 51.2 Å². The molecule has 0 spiro atoms. The number of thioether (sulfide) groups is 1. The number of pyridine rings is 1. The number of hydrogen-bond acceptors (Lipinski definition) is 9. The van der Waals surface area contributed by atoms with Gasteiger partial charge in [0.05, 0.1) is 18.4 Å². The van der Waals surface area contributed by atoms with Crippen molar-refractivity contribution in [3.63, 3.8) is 0 Å². The summed E-state index contributed by atoms with van der Waals surface area (Å²) in [5.74, 6) is 3.13. The van der Waals surface area contributed by atoms with Crippen LogP contribution in [0.2, 0.25) is 0 Å². The van der Waals surface area contributed by atoms with Crippen molar-refractivity contribution in [3.05, 3.63) is 78.6 Å². The summed E-state index contributed by atoms with van der Waals surface area (Å²) in [7, 11) is 3.39. The number of methoxy groups -OCH3 is 1. The van der Waals surface area contributed by atoms with Crippen LogP contribution in [-0.2, 0) is 0 Å². The van der Waals surface area contributed by atoms with E-state index in [4.69, 9.17) is 19.6 Å². The predicted molar refractivity (Wildman–Crippen MR) is 142 cm³/mol. The molecule has 180 valence electrons. The minimum absolute atomic E-state index is 0.428. The summed E-state index contributed by atoms with van der Waals surface area (Å²) >= 11 is 1.54. The fraction of sp³-hybridized carbons (Fsp3) is 0.115. The van der Waals surface area contributed by atoms with Gasteiger partial charge in [0, 0.05) is 36.9 Å². The van der Waals surface area contributed by atoms with Crippen molar-refractivity contribution >= 4 is 35.4 Å². The molecule has 3 heterocycles. The van der Waals surface area contributed by atoms with Gasteiger partial charge in [-0.3, -0.25) is 9.98 Å². The van der Waals surface area contributed by atoms with E-state index in [1.807, 2.05) is 54.8 Å². The topological polar surface area (TPSA) is 98.8 Å². The molecule has 0 saturated carbocycles. The number of anilines is 2. The quantitative estimate of drug-likeness (QED) is 0.170. The molecule has 10 heteroatoms. The highest BCUT2D eigenvalue weighted by Gasteiger charge is 2.19. The number of aliphatic imine (C=N–C) groups is 1. The van der Waals surface area contributed by atoms with Gasteiger partial charge in [-0.15, -0.1) is 16.9 Å². The first kappa shape index (κ1) is 23.3. The molecule has 0 aliphatic carbocycles. The summed E-state index contributed by atoms with van der Waals surface area (Å²) in [5, 5.41) is 8.80. The van der Waals surface area contributed by atoms with E-state index in [2.05, 4.69) is 20.3 Å². The van der Waals surface area contributed by atoms with Crippen LogP contribution >= 0.6 is 11.8 Å². The summed E-state index contributed by atoms with van der Waals surface area (Å²) in [6, 6.07) is 19.0. The first-order valence-electron chi connectivity index (χ1n) is 11.0. The Morgan fingerprint density at radius 3 is 2.28 bits per heavy atom. The number of nitrogens with zero attached hydrogens (tertiary/aromatic N) is 6. The summed E-state index contributed by atoms with van der Waals surface area (Å²) < 4.78 is 12.9. The largest absolute Gasteiger partial charge is 0.497 e. The maximum absolute atomic E-state index is 5.84. The SMILES string of the molecule is CN=Cc1c(SC)nc2nc(Nc3ccc(Oc4ccncc4)cc3)nn2c1-c1ccc(OC)cc1. The van der Waals surface area contributed by atoms with Gasteiger partial charge in [0.25, 0.3) is 5.78 Å². The molecule has 36 heavy (non-hydrogen) atoms. The smallest absolute Gasteiger partial charge is 0.255 e. The van der Waals surface area contributed by atoms with E-state index in [1.165, 1.54) is 11.8 Å². The molecular formula is C26H23N7O2S. The van der Waals surface area contributed by atoms with E-state index >= 15 is 0 Å². The van der Waals surface area contributed by atoms with Crippen LogP contribution in [0.25, 0.3) is 17.0 Å². The Morgan fingerprint density at radius 2 is 1.61 bits per heavy atom. The normalized spacial score (nSPS) is 11.2. The molecule has 9 nitrogen and oxygen atoms in total. The van der Waals surface area contributed by atoms with Gasteiger partial charge in [0.1, 0.15) is 22.3 Å². The maximum atomic E-state index is 5.84. The van der Waals surface area contributed by atoms with Gasteiger partial charge in [-0.1, -0.05) is 0 Å². The van der Waals surface area contributed by atoms with Gasteiger partial charge in [0.2, 0.25) is 5.95 Å². The van der Waals surface area contributed by atoms with Crippen LogP contribution in [0.1, 0.15) is 5.56 Å². The van der Waals surface area contributed by atoms with Gasteiger partial charge in [-0.2, -0.15) is 9.50 Å². The van der Waals surface area contributed by atoms with Crippen molar-refractivity contribution in [3.8, 4) is 28.5 Å². The fourth-order valence-corrected chi connectivity index (χ4v) is 4.19. The monoisotopic (exact) mass is 497 g/mol. The first-order chi connectivity index (χ1) is 17.7. The average molecular weight is 498 g/mol. The molecule has 0 bridgehead atoms. The summed E-state index contributed by atoms with van der Waals surface area (Å²) in [5.41, 5.74) is 3.48. The lowest BCUT2D eigenvalue weighted by Gasteiger charge is -2.12. The molecule has 0 radical (unpaired) electrons. The second kappa shape index (κ2) is 10.4. The molecule has 0 fully saturated rings. The lowest BCUT2D eigenvalue weighted by molar-refractivity contribution is 0.415. The highest BCUT2D eigenvalue weighted by molar-refractivity contribution is 7.98. The highest BCUT2D eigenvalue weighted by Crippen LogP contribution is 2.31. The number of aromatic nitrogens is 5. The van der Waals surface area contributed by atoms with Crippen LogP contribution in [0.5, 0.6) is 17.2 Å². The van der Waals surface area contributed by atoms with E-state index in [0.717, 1.165) is 39.0 Å². The molecule has 0 atom stereocenters. The Kier molecular flexibility index (Phi) is 6.76. The Balaban J connectivity index is 1.50. The maximum Gasteiger partial charge on any atom is 0.255 e. The number of benzene rings is 2. The fourth-order valence-electron chi connectivity index (χ4n) is 3.65. The van der Waals surface area contributed by atoms with Crippen molar-refractivity contribution in [1.82, 2.24) is 24.6 Å². The van der Waals surface area contributed by atoms with Crippen LogP contribution in [0, 0.1) is 0 Å². The van der Waals surface area contributed by atoms with E-state index in [9.17, 15) is 0 Å². The first-order valence-corrected chi connectivity index (χ1v) is 12.3. The van der Waals surface area contributed by atoms with Crippen LogP contribution < -0.4 is 14.8 Å². The highest BCUT2D eigenvalue weighted by atomic mass is 32.2.